The smallest absolute Gasteiger partial charge is 0.254 e. The minimum atomic E-state index is -0.0381. The predicted molar refractivity (Wildman–Crippen MR) is 68.9 cm³/mol. The van der Waals surface area contributed by atoms with Crippen molar-refractivity contribution in [1.82, 2.24) is 9.80 Å². The second-order valence-corrected chi connectivity index (χ2v) is 4.68. The SMILES string of the molecule is CN(C)C(=O)CCN1Cc2ccc(N)cc2C1=O. The number of fused-ring (bicyclic) bond motifs is 1. The van der Waals surface area contributed by atoms with Crippen LogP contribution in [-0.2, 0) is 11.3 Å². The van der Waals surface area contributed by atoms with Crippen molar-refractivity contribution in [1.29, 1.82) is 0 Å². The molecule has 0 aromatic heterocycles. The molecule has 0 unspecified atom stereocenters. The molecule has 2 amide bonds. The van der Waals surface area contributed by atoms with Crippen molar-refractivity contribution >= 4 is 17.5 Å². The maximum absolute atomic E-state index is 12.1. The number of benzene rings is 1. The highest BCUT2D eigenvalue weighted by molar-refractivity contribution is 5.99. The lowest BCUT2D eigenvalue weighted by Crippen LogP contribution is -2.30. The van der Waals surface area contributed by atoms with Gasteiger partial charge in [-0.15, -0.1) is 0 Å². The monoisotopic (exact) mass is 247 g/mol. The minimum Gasteiger partial charge on any atom is -0.399 e. The summed E-state index contributed by atoms with van der Waals surface area (Å²) in [5, 5.41) is 0. The zero-order chi connectivity index (χ0) is 13.3. The van der Waals surface area contributed by atoms with Crippen LogP contribution in [0.15, 0.2) is 18.2 Å². The van der Waals surface area contributed by atoms with Crippen molar-refractivity contribution in [2.45, 2.75) is 13.0 Å². The summed E-state index contributed by atoms with van der Waals surface area (Å²) in [6, 6.07) is 5.36. The Labute approximate surface area is 106 Å². The van der Waals surface area contributed by atoms with Crippen molar-refractivity contribution in [3.8, 4) is 0 Å². The Hall–Kier alpha value is -2.04. The first-order valence-electron chi connectivity index (χ1n) is 5.87. The summed E-state index contributed by atoms with van der Waals surface area (Å²) in [7, 11) is 3.42. The maximum atomic E-state index is 12.1. The predicted octanol–water partition coefficient (Wildman–Crippen LogP) is 0.703. The molecule has 0 aliphatic carbocycles. The van der Waals surface area contributed by atoms with Crippen LogP contribution in [0.1, 0.15) is 22.3 Å². The van der Waals surface area contributed by atoms with Gasteiger partial charge in [0.05, 0.1) is 0 Å². The van der Waals surface area contributed by atoms with E-state index in [-0.39, 0.29) is 11.8 Å². The Kier molecular flexibility index (Phi) is 3.23. The van der Waals surface area contributed by atoms with Gasteiger partial charge in [-0.25, -0.2) is 0 Å². The molecule has 0 spiro atoms. The fraction of sp³-hybridized carbons (Fsp3) is 0.385. The lowest BCUT2D eigenvalue weighted by atomic mass is 10.1. The van der Waals surface area contributed by atoms with E-state index in [2.05, 4.69) is 0 Å². The van der Waals surface area contributed by atoms with Gasteiger partial charge >= 0.3 is 0 Å². The maximum Gasteiger partial charge on any atom is 0.254 e. The molecule has 96 valence electrons. The van der Waals surface area contributed by atoms with Crippen molar-refractivity contribution < 1.29 is 9.59 Å². The molecule has 5 nitrogen and oxygen atoms in total. The van der Waals surface area contributed by atoms with E-state index in [0.29, 0.717) is 30.8 Å². The lowest BCUT2D eigenvalue weighted by Gasteiger charge is -2.17. The number of nitrogen functional groups attached to an aromatic ring is 1. The molecule has 0 saturated heterocycles. The number of rotatable bonds is 3. The van der Waals surface area contributed by atoms with Crippen molar-refractivity contribution in [2.24, 2.45) is 0 Å². The largest absolute Gasteiger partial charge is 0.399 e. The van der Waals surface area contributed by atoms with Crippen LogP contribution in [0.4, 0.5) is 5.69 Å². The third kappa shape index (κ3) is 2.30. The normalized spacial score (nSPS) is 13.7. The molecule has 0 saturated carbocycles. The summed E-state index contributed by atoms with van der Waals surface area (Å²) in [6.45, 7) is 1.01. The van der Waals surface area contributed by atoms with Gasteiger partial charge in [-0.3, -0.25) is 9.59 Å². The Morgan fingerprint density at radius 1 is 1.44 bits per heavy atom. The van der Waals surface area contributed by atoms with Gasteiger partial charge in [-0.2, -0.15) is 0 Å². The number of nitrogens with zero attached hydrogens (tertiary/aromatic N) is 2. The van der Waals surface area contributed by atoms with Crippen LogP contribution in [0.2, 0.25) is 0 Å². The molecule has 0 radical (unpaired) electrons. The van der Waals surface area contributed by atoms with E-state index in [0.717, 1.165) is 5.56 Å². The van der Waals surface area contributed by atoms with Crippen LogP contribution in [0.3, 0.4) is 0 Å². The zero-order valence-electron chi connectivity index (χ0n) is 10.6. The number of hydrogen-bond donors (Lipinski definition) is 1. The van der Waals surface area contributed by atoms with Gasteiger partial charge in [-0.1, -0.05) is 6.07 Å². The van der Waals surface area contributed by atoms with Gasteiger partial charge in [-0.05, 0) is 17.7 Å². The standard InChI is InChI=1S/C13H17N3O2/c1-15(2)12(17)5-6-16-8-9-3-4-10(14)7-11(9)13(16)18/h3-4,7H,5-6,8,14H2,1-2H3. The van der Waals surface area contributed by atoms with Gasteiger partial charge in [0.15, 0.2) is 0 Å². The Bertz CT molecular complexity index is 497. The first kappa shape index (κ1) is 12.4. The molecule has 18 heavy (non-hydrogen) atoms. The highest BCUT2D eigenvalue weighted by Crippen LogP contribution is 2.24. The van der Waals surface area contributed by atoms with Crippen molar-refractivity contribution in [3.05, 3.63) is 29.3 Å². The lowest BCUT2D eigenvalue weighted by molar-refractivity contribution is -0.128. The molecule has 2 N–H and O–H groups in total. The third-order valence-electron chi connectivity index (χ3n) is 3.11. The van der Waals surface area contributed by atoms with E-state index in [1.807, 2.05) is 6.07 Å². The number of nitrogens with two attached hydrogens (primary N) is 1. The topological polar surface area (TPSA) is 66.6 Å². The summed E-state index contributed by atoms with van der Waals surface area (Å²) < 4.78 is 0. The minimum absolute atomic E-state index is 0.0262. The van der Waals surface area contributed by atoms with E-state index in [4.69, 9.17) is 5.73 Å². The second-order valence-electron chi connectivity index (χ2n) is 4.68. The van der Waals surface area contributed by atoms with Crippen molar-refractivity contribution in [3.63, 3.8) is 0 Å². The van der Waals surface area contributed by atoms with E-state index in [1.165, 1.54) is 4.90 Å². The Morgan fingerprint density at radius 2 is 2.17 bits per heavy atom. The van der Waals surface area contributed by atoms with Gasteiger partial charge in [0.1, 0.15) is 0 Å². The highest BCUT2D eigenvalue weighted by Gasteiger charge is 2.27. The second kappa shape index (κ2) is 4.68. The molecular weight excluding hydrogens is 230 g/mol. The van der Waals surface area contributed by atoms with Crippen LogP contribution in [0.5, 0.6) is 0 Å². The quantitative estimate of drug-likeness (QED) is 0.800. The Morgan fingerprint density at radius 3 is 2.83 bits per heavy atom. The number of carbonyl (C=O) groups is 2. The molecule has 2 rings (SSSR count). The Balaban J connectivity index is 2.03. The van der Waals surface area contributed by atoms with Crippen LogP contribution < -0.4 is 5.73 Å². The summed E-state index contributed by atoms with van der Waals surface area (Å²) in [4.78, 5) is 26.8. The first-order valence-corrected chi connectivity index (χ1v) is 5.87. The first-order chi connectivity index (χ1) is 8.49. The van der Waals surface area contributed by atoms with Gasteiger partial charge in [0, 0.05) is 44.9 Å². The molecular formula is C13H17N3O2. The van der Waals surface area contributed by atoms with Crippen LogP contribution in [-0.4, -0.2) is 42.3 Å². The number of carbonyl (C=O) groups excluding carboxylic acids is 2. The summed E-state index contributed by atoms with van der Waals surface area (Å²) in [6.07, 6.45) is 0.349. The van der Waals surface area contributed by atoms with Gasteiger partial charge < -0.3 is 15.5 Å². The van der Waals surface area contributed by atoms with E-state index in [9.17, 15) is 9.59 Å². The molecule has 5 heteroatoms. The molecule has 0 bridgehead atoms. The van der Waals surface area contributed by atoms with E-state index in [1.54, 1.807) is 31.1 Å². The average molecular weight is 247 g/mol. The summed E-state index contributed by atoms with van der Waals surface area (Å²) in [5.41, 5.74) is 7.90. The average Bonchev–Trinajstić information content (AvgIpc) is 2.63. The number of anilines is 1. The van der Waals surface area contributed by atoms with Gasteiger partial charge in [0.25, 0.3) is 5.91 Å². The third-order valence-corrected chi connectivity index (χ3v) is 3.11. The molecule has 1 aliphatic heterocycles. The fourth-order valence-corrected chi connectivity index (χ4v) is 2.01. The zero-order valence-corrected chi connectivity index (χ0v) is 10.6. The highest BCUT2D eigenvalue weighted by atomic mass is 16.2. The molecule has 1 heterocycles. The number of amides is 2. The van der Waals surface area contributed by atoms with Crippen molar-refractivity contribution in [2.75, 3.05) is 26.4 Å². The fourth-order valence-electron chi connectivity index (χ4n) is 2.01. The van der Waals surface area contributed by atoms with Gasteiger partial charge in [0.2, 0.25) is 5.91 Å². The van der Waals surface area contributed by atoms with Crippen LogP contribution >= 0.6 is 0 Å². The van der Waals surface area contributed by atoms with E-state index < -0.39 is 0 Å². The molecule has 1 aromatic carbocycles. The van der Waals surface area contributed by atoms with Crippen LogP contribution in [0.25, 0.3) is 0 Å². The van der Waals surface area contributed by atoms with E-state index >= 15 is 0 Å². The number of hydrogen-bond acceptors (Lipinski definition) is 3. The summed E-state index contributed by atoms with van der Waals surface area (Å²) in [5.74, 6) is -0.0119. The summed E-state index contributed by atoms with van der Waals surface area (Å²) >= 11 is 0. The molecule has 0 atom stereocenters. The molecule has 1 aliphatic rings. The molecule has 0 fully saturated rings. The molecule has 1 aromatic rings. The van der Waals surface area contributed by atoms with Crippen LogP contribution in [0, 0.1) is 0 Å².